The first-order chi connectivity index (χ1) is 13.7. The van der Waals surface area contributed by atoms with Crippen molar-refractivity contribution in [1.82, 2.24) is 15.5 Å². The largest absolute Gasteiger partial charge is 0.378 e. The Bertz CT molecular complexity index is 641. The van der Waals surface area contributed by atoms with Gasteiger partial charge >= 0.3 is 0 Å². The Kier molecular flexibility index (Phi) is 8.65. The number of guanidine groups is 1. The Morgan fingerprint density at radius 1 is 1.28 bits per heavy atom. The molecule has 0 amide bonds. The summed E-state index contributed by atoms with van der Waals surface area (Å²) in [7, 11) is 0. The average Bonchev–Trinajstić information content (AvgIpc) is 3.14. The number of nitrogens with one attached hydrogen (secondary N) is 2. The van der Waals surface area contributed by atoms with E-state index in [1.807, 2.05) is 0 Å². The highest BCUT2D eigenvalue weighted by Crippen LogP contribution is 2.57. The van der Waals surface area contributed by atoms with Gasteiger partial charge in [-0.1, -0.05) is 6.42 Å². The van der Waals surface area contributed by atoms with Crippen LogP contribution in [0.25, 0.3) is 0 Å². The van der Waals surface area contributed by atoms with Crippen LogP contribution in [-0.4, -0.2) is 55.3 Å². The fourth-order valence-corrected chi connectivity index (χ4v) is 5.83. The van der Waals surface area contributed by atoms with Crippen molar-refractivity contribution in [3.8, 4) is 0 Å². The number of thiophene rings is 1. The van der Waals surface area contributed by atoms with Crippen molar-refractivity contribution in [2.75, 3.05) is 26.2 Å². The number of hydrogen-bond acceptors (Lipinski definition) is 4. The molecule has 1 saturated heterocycles. The minimum Gasteiger partial charge on any atom is -0.378 e. The standard InChI is InChI=1S/C22H36N4OS.HI/c1-3-23-21(25-19-14-20(27-4-2)22(19)9-5-10-22)24-18-6-11-26(12-7-18)15-17-8-13-28-16-17;/h8,13,16,18-20H,3-7,9-12,14-15H2,1-2H3,(H2,23,24,25);1H. The molecule has 164 valence electrons. The molecule has 29 heavy (non-hydrogen) atoms. The Hall–Kier alpha value is -0.380. The van der Waals surface area contributed by atoms with E-state index in [-0.39, 0.29) is 24.0 Å². The molecule has 1 aromatic rings. The van der Waals surface area contributed by atoms with Crippen molar-refractivity contribution >= 4 is 41.3 Å². The maximum Gasteiger partial charge on any atom is 0.191 e. The number of piperidine rings is 1. The lowest BCUT2D eigenvalue weighted by atomic mass is 9.51. The second-order valence-corrected chi connectivity index (χ2v) is 9.39. The van der Waals surface area contributed by atoms with Gasteiger partial charge in [0.05, 0.1) is 6.10 Å². The molecule has 1 spiro atoms. The summed E-state index contributed by atoms with van der Waals surface area (Å²) in [6, 6.07) is 3.29. The summed E-state index contributed by atoms with van der Waals surface area (Å²) in [5.74, 6) is 1.02. The van der Waals surface area contributed by atoms with E-state index in [1.165, 1.54) is 37.7 Å². The summed E-state index contributed by atoms with van der Waals surface area (Å²) in [6.07, 6.45) is 7.89. The zero-order chi connectivity index (χ0) is 19.4. The van der Waals surface area contributed by atoms with Crippen molar-refractivity contribution in [3.63, 3.8) is 0 Å². The molecule has 0 aromatic carbocycles. The molecule has 2 saturated carbocycles. The molecule has 3 fully saturated rings. The average molecular weight is 533 g/mol. The van der Waals surface area contributed by atoms with Crippen LogP contribution in [-0.2, 0) is 11.3 Å². The number of ether oxygens (including phenoxy) is 1. The molecule has 2 atom stereocenters. The first-order valence-electron chi connectivity index (χ1n) is 11.2. The van der Waals surface area contributed by atoms with Crippen LogP contribution in [0.2, 0.25) is 0 Å². The summed E-state index contributed by atoms with van der Waals surface area (Å²) in [6.45, 7) is 9.30. The summed E-state index contributed by atoms with van der Waals surface area (Å²) >= 11 is 1.79. The highest BCUT2D eigenvalue weighted by Gasteiger charge is 2.59. The van der Waals surface area contributed by atoms with Gasteiger partial charge in [0.1, 0.15) is 0 Å². The van der Waals surface area contributed by atoms with Gasteiger partial charge in [0, 0.05) is 50.3 Å². The molecule has 7 heteroatoms. The second-order valence-electron chi connectivity index (χ2n) is 8.61. The van der Waals surface area contributed by atoms with Crippen LogP contribution >= 0.6 is 35.3 Å². The lowest BCUT2D eigenvalue weighted by Gasteiger charge is -2.61. The maximum atomic E-state index is 6.01. The van der Waals surface area contributed by atoms with Crippen LogP contribution < -0.4 is 10.6 Å². The molecule has 2 N–H and O–H groups in total. The number of rotatable bonds is 7. The second kappa shape index (κ2) is 10.8. The normalized spacial score (nSPS) is 27.0. The van der Waals surface area contributed by atoms with Gasteiger partial charge < -0.3 is 15.4 Å². The van der Waals surface area contributed by atoms with Crippen molar-refractivity contribution in [3.05, 3.63) is 22.4 Å². The van der Waals surface area contributed by atoms with Crippen LogP contribution in [0.3, 0.4) is 0 Å². The number of aliphatic imine (C=N–C) groups is 1. The van der Waals surface area contributed by atoms with Crippen LogP contribution in [0.5, 0.6) is 0 Å². The van der Waals surface area contributed by atoms with Crippen LogP contribution in [0, 0.1) is 5.41 Å². The third-order valence-electron chi connectivity index (χ3n) is 6.98. The third kappa shape index (κ3) is 5.28. The van der Waals surface area contributed by atoms with Gasteiger partial charge in [-0.25, -0.2) is 0 Å². The van der Waals surface area contributed by atoms with Crippen LogP contribution in [0.4, 0.5) is 0 Å². The highest BCUT2D eigenvalue weighted by atomic mass is 127. The topological polar surface area (TPSA) is 48.9 Å². The molecule has 1 aliphatic heterocycles. The lowest BCUT2D eigenvalue weighted by molar-refractivity contribution is -0.168. The summed E-state index contributed by atoms with van der Waals surface area (Å²) in [5, 5.41) is 12.0. The summed E-state index contributed by atoms with van der Waals surface area (Å²) < 4.78 is 6.01. The minimum absolute atomic E-state index is 0. The number of nitrogens with zero attached hydrogens (tertiary/aromatic N) is 2. The van der Waals surface area contributed by atoms with E-state index in [0.29, 0.717) is 23.6 Å². The van der Waals surface area contributed by atoms with Gasteiger partial charge in [-0.15, -0.1) is 24.0 Å². The number of halogens is 1. The number of likely N-dealkylation sites (tertiary alicyclic amines) is 1. The Balaban J connectivity index is 0.00000240. The molecule has 5 nitrogen and oxygen atoms in total. The van der Waals surface area contributed by atoms with E-state index < -0.39 is 0 Å². The molecule has 0 bridgehead atoms. The molecular formula is C22H37IN4OS. The molecule has 2 heterocycles. The zero-order valence-corrected chi connectivity index (χ0v) is 21.0. The monoisotopic (exact) mass is 532 g/mol. The molecule has 1 aromatic heterocycles. The molecule has 0 radical (unpaired) electrons. The molecule has 4 rings (SSSR count). The molecule has 2 unspecified atom stereocenters. The van der Waals surface area contributed by atoms with Gasteiger partial charge in [0.25, 0.3) is 0 Å². The van der Waals surface area contributed by atoms with E-state index >= 15 is 0 Å². The Morgan fingerprint density at radius 2 is 2.07 bits per heavy atom. The quantitative estimate of drug-likeness (QED) is 0.314. The van der Waals surface area contributed by atoms with E-state index in [9.17, 15) is 0 Å². The van der Waals surface area contributed by atoms with Gasteiger partial charge in [-0.2, -0.15) is 11.3 Å². The van der Waals surface area contributed by atoms with E-state index in [2.05, 4.69) is 46.2 Å². The highest BCUT2D eigenvalue weighted by molar-refractivity contribution is 14.0. The first kappa shape index (κ1) is 23.3. The van der Waals surface area contributed by atoms with Crippen molar-refractivity contribution in [2.24, 2.45) is 10.4 Å². The van der Waals surface area contributed by atoms with E-state index in [1.54, 1.807) is 11.3 Å². The lowest BCUT2D eigenvalue weighted by Crippen LogP contribution is -2.69. The van der Waals surface area contributed by atoms with Crippen molar-refractivity contribution < 1.29 is 4.74 Å². The third-order valence-corrected chi connectivity index (χ3v) is 7.71. The van der Waals surface area contributed by atoms with Gasteiger partial charge in [-0.05, 0) is 68.3 Å². The van der Waals surface area contributed by atoms with Crippen LogP contribution in [0.1, 0.15) is 57.9 Å². The fourth-order valence-electron chi connectivity index (χ4n) is 5.17. The molecular weight excluding hydrogens is 495 g/mol. The van der Waals surface area contributed by atoms with Crippen molar-refractivity contribution in [2.45, 2.75) is 77.1 Å². The number of hydrogen-bond donors (Lipinski definition) is 2. The van der Waals surface area contributed by atoms with Gasteiger partial charge in [-0.3, -0.25) is 9.89 Å². The molecule has 2 aliphatic carbocycles. The zero-order valence-electron chi connectivity index (χ0n) is 17.9. The molecule has 3 aliphatic rings. The van der Waals surface area contributed by atoms with Gasteiger partial charge in [0.2, 0.25) is 0 Å². The smallest absolute Gasteiger partial charge is 0.191 e. The predicted molar refractivity (Wildman–Crippen MR) is 132 cm³/mol. The van der Waals surface area contributed by atoms with Gasteiger partial charge in [0.15, 0.2) is 5.96 Å². The fraction of sp³-hybridized carbons (Fsp3) is 0.773. The van der Waals surface area contributed by atoms with Crippen LogP contribution in [0.15, 0.2) is 21.8 Å². The summed E-state index contributed by atoms with van der Waals surface area (Å²) in [5.41, 5.74) is 1.82. The maximum absolute atomic E-state index is 6.01. The SMILES string of the molecule is CCN=C(NC1CCN(Cc2ccsc2)CC1)NC1CC(OCC)C12CCC2.I. The minimum atomic E-state index is 0. The Labute approximate surface area is 197 Å². The summed E-state index contributed by atoms with van der Waals surface area (Å²) in [4.78, 5) is 7.33. The van der Waals surface area contributed by atoms with E-state index in [0.717, 1.165) is 45.2 Å². The first-order valence-corrected chi connectivity index (χ1v) is 12.1. The predicted octanol–water partition coefficient (Wildman–Crippen LogP) is 4.23. The Morgan fingerprint density at radius 3 is 2.66 bits per heavy atom. The van der Waals surface area contributed by atoms with Crippen molar-refractivity contribution in [1.29, 1.82) is 0 Å². The van der Waals surface area contributed by atoms with E-state index in [4.69, 9.17) is 9.73 Å².